The minimum absolute atomic E-state index is 0.0967. The molecule has 122 valence electrons. The highest BCUT2D eigenvalue weighted by atomic mass is 35.5. The third-order valence-electron chi connectivity index (χ3n) is 3.58. The molecule has 0 aliphatic carbocycles. The number of halogens is 1. The van der Waals surface area contributed by atoms with Crippen LogP contribution in [0.3, 0.4) is 0 Å². The van der Waals surface area contributed by atoms with Gasteiger partial charge in [-0.2, -0.15) is 4.98 Å². The Kier molecular flexibility index (Phi) is 4.78. The molecule has 2 heterocycles. The first-order valence-corrected chi connectivity index (χ1v) is 7.70. The predicted octanol–water partition coefficient (Wildman–Crippen LogP) is 2.36. The van der Waals surface area contributed by atoms with Gasteiger partial charge < -0.3 is 19.9 Å². The summed E-state index contributed by atoms with van der Waals surface area (Å²) in [6.07, 6.45) is 0.573. The van der Waals surface area contributed by atoms with Gasteiger partial charge in [-0.05, 0) is 31.0 Å². The van der Waals surface area contributed by atoms with E-state index in [4.69, 9.17) is 20.9 Å². The number of aromatic nitrogens is 2. The van der Waals surface area contributed by atoms with Gasteiger partial charge in [-0.25, -0.2) is 4.79 Å². The fourth-order valence-electron chi connectivity index (χ4n) is 2.51. The summed E-state index contributed by atoms with van der Waals surface area (Å²) < 4.78 is 10.7. The van der Waals surface area contributed by atoms with Gasteiger partial charge in [0.05, 0.1) is 12.6 Å². The molecule has 23 heavy (non-hydrogen) atoms. The van der Waals surface area contributed by atoms with Gasteiger partial charge in [0.25, 0.3) is 0 Å². The summed E-state index contributed by atoms with van der Waals surface area (Å²) >= 11 is 5.90. The molecule has 3 rings (SSSR count). The van der Waals surface area contributed by atoms with Crippen LogP contribution in [0.25, 0.3) is 0 Å². The van der Waals surface area contributed by atoms with Crippen molar-refractivity contribution in [3.05, 3.63) is 46.6 Å². The topological polar surface area (TPSA) is 89.3 Å². The summed E-state index contributed by atoms with van der Waals surface area (Å²) in [6, 6.07) is 7.05. The first-order valence-electron chi connectivity index (χ1n) is 7.32. The van der Waals surface area contributed by atoms with E-state index >= 15 is 0 Å². The monoisotopic (exact) mass is 336 g/mol. The average molecular weight is 337 g/mol. The molecule has 1 fully saturated rings. The lowest BCUT2D eigenvalue weighted by Gasteiger charge is -2.20. The van der Waals surface area contributed by atoms with Crippen LogP contribution in [0, 0.1) is 6.92 Å². The van der Waals surface area contributed by atoms with E-state index in [9.17, 15) is 4.79 Å². The van der Waals surface area contributed by atoms with E-state index in [1.165, 1.54) is 0 Å². The maximum atomic E-state index is 12.0. The number of nitrogens with one attached hydrogen (secondary N) is 2. The number of urea groups is 1. The van der Waals surface area contributed by atoms with Crippen molar-refractivity contribution in [2.45, 2.75) is 32.0 Å². The Labute approximate surface area is 138 Å². The van der Waals surface area contributed by atoms with Gasteiger partial charge in [0.1, 0.15) is 6.10 Å². The lowest BCUT2D eigenvalue weighted by Crippen LogP contribution is -2.43. The molecular formula is C15H17ClN4O3. The van der Waals surface area contributed by atoms with E-state index in [1.54, 1.807) is 6.92 Å². The van der Waals surface area contributed by atoms with E-state index in [-0.39, 0.29) is 24.7 Å². The Morgan fingerprint density at radius 1 is 1.39 bits per heavy atom. The smallest absolute Gasteiger partial charge is 0.315 e. The van der Waals surface area contributed by atoms with Gasteiger partial charge in [-0.3, -0.25) is 0 Å². The molecule has 1 aromatic carbocycles. The fourth-order valence-corrected chi connectivity index (χ4v) is 2.63. The van der Waals surface area contributed by atoms with E-state index in [0.29, 0.717) is 23.3 Å². The zero-order chi connectivity index (χ0) is 16.2. The highest BCUT2D eigenvalue weighted by Crippen LogP contribution is 2.29. The van der Waals surface area contributed by atoms with E-state index in [0.717, 1.165) is 12.0 Å². The molecule has 1 aromatic heterocycles. The van der Waals surface area contributed by atoms with E-state index in [1.807, 2.05) is 24.3 Å². The van der Waals surface area contributed by atoms with Crippen molar-refractivity contribution >= 4 is 17.6 Å². The van der Waals surface area contributed by atoms with E-state index < -0.39 is 0 Å². The zero-order valence-electron chi connectivity index (χ0n) is 12.6. The molecule has 0 bridgehead atoms. The van der Waals surface area contributed by atoms with Gasteiger partial charge in [0, 0.05) is 11.6 Å². The molecule has 2 N–H and O–H groups in total. The molecule has 0 radical (unpaired) electrons. The third kappa shape index (κ3) is 4.00. The number of benzene rings is 1. The van der Waals surface area contributed by atoms with Crippen LogP contribution in [0.2, 0.25) is 5.02 Å². The van der Waals surface area contributed by atoms with Crippen molar-refractivity contribution in [2.24, 2.45) is 0 Å². The molecule has 1 aliphatic rings. The Bertz CT molecular complexity index is 674. The van der Waals surface area contributed by atoms with E-state index in [2.05, 4.69) is 20.8 Å². The molecule has 2 atom stereocenters. The lowest BCUT2D eigenvalue weighted by molar-refractivity contribution is 0.0999. The fraction of sp³-hybridized carbons (Fsp3) is 0.400. The summed E-state index contributed by atoms with van der Waals surface area (Å²) in [6.45, 7) is 2.51. The Balaban J connectivity index is 1.55. The summed E-state index contributed by atoms with van der Waals surface area (Å²) in [7, 11) is 0. The number of amides is 2. The molecular weight excluding hydrogens is 320 g/mol. The number of hydrogen-bond acceptors (Lipinski definition) is 5. The quantitative estimate of drug-likeness (QED) is 0.894. The Morgan fingerprint density at radius 3 is 2.87 bits per heavy atom. The molecule has 8 heteroatoms. The van der Waals surface area contributed by atoms with Gasteiger partial charge in [0.15, 0.2) is 5.82 Å². The van der Waals surface area contributed by atoms with Crippen molar-refractivity contribution in [1.82, 2.24) is 20.8 Å². The molecule has 2 amide bonds. The summed E-state index contributed by atoms with van der Waals surface area (Å²) in [5, 5.41) is 9.96. The van der Waals surface area contributed by atoms with Crippen LogP contribution in [-0.2, 0) is 11.3 Å². The van der Waals surface area contributed by atoms with Crippen molar-refractivity contribution < 1.29 is 14.1 Å². The number of nitrogens with zero attached hydrogens (tertiary/aromatic N) is 2. The Morgan fingerprint density at radius 2 is 2.17 bits per heavy atom. The maximum Gasteiger partial charge on any atom is 0.315 e. The summed E-state index contributed by atoms with van der Waals surface area (Å²) in [5.41, 5.74) is 0.990. The maximum absolute atomic E-state index is 12.0. The molecule has 1 saturated heterocycles. The second-order valence-corrected chi connectivity index (χ2v) is 5.74. The molecule has 7 nitrogen and oxygen atoms in total. The van der Waals surface area contributed by atoms with Crippen LogP contribution in [-0.4, -0.2) is 28.8 Å². The Hall–Kier alpha value is -2.12. The van der Waals surface area contributed by atoms with Crippen LogP contribution in [0.1, 0.15) is 29.8 Å². The zero-order valence-corrected chi connectivity index (χ0v) is 13.3. The van der Waals surface area contributed by atoms with Crippen LogP contribution in [0.4, 0.5) is 4.79 Å². The molecule has 0 saturated carbocycles. The number of hydrogen-bond donors (Lipinski definition) is 2. The van der Waals surface area contributed by atoms with Crippen molar-refractivity contribution in [2.75, 3.05) is 6.61 Å². The molecule has 1 aliphatic heterocycles. The third-order valence-corrected chi connectivity index (χ3v) is 3.83. The highest BCUT2D eigenvalue weighted by molar-refractivity contribution is 6.30. The van der Waals surface area contributed by atoms with Gasteiger partial charge >= 0.3 is 6.03 Å². The largest absolute Gasteiger partial charge is 0.371 e. The van der Waals surface area contributed by atoms with Gasteiger partial charge in [-0.15, -0.1) is 0 Å². The number of aryl methyl sites for hydroxylation is 1. The second-order valence-electron chi connectivity index (χ2n) is 5.30. The number of rotatable bonds is 4. The standard InChI is InChI=1S/C15H17ClN4O3/c1-9-18-13(23-20-9)8-17-15(21)19-12-6-7-22-14(12)10-2-4-11(16)5-3-10/h2-5,12,14H,6-8H2,1H3,(H2,17,19,21)/t12-,14-/m0/s1. The molecule has 0 unspecified atom stereocenters. The van der Waals surface area contributed by atoms with Crippen LogP contribution < -0.4 is 10.6 Å². The number of carbonyl (C=O) groups is 1. The summed E-state index contributed by atoms with van der Waals surface area (Å²) in [4.78, 5) is 16.0. The van der Waals surface area contributed by atoms with Gasteiger partial charge in [-0.1, -0.05) is 28.9 Å². The van der Waals surface area contributed by atoms with Crippen molar-refractivity contribution in [1.29, 1.82) is 0 Å². The average Bonchev–Trinajstić information content (AvgIpc) is 3.15. The second kappa shape index (κ2) is 6.97. The minimum atomic E-state index is -0.296. The van der Waals surface area contributed by atoms with Gasteiger partial charge in [0.2, 0.25) is 5.89 Å². The van der Waals surface area contributed by atoms with Crippen LogP contribution in [0.15, 0.2) is 28.8 Å². The first kappa shape index (κ1) is 15.8. The number of ether oxygens (including phenoxy) is 1. The SMILES string of the molecule is Cc1noc(CNC(=O)N[C@H]2CCO[C@H]2c2ccc(Cl)cc2)n1. The summed E-state index contributed by atoms with van der Waals surface area (Å²) in [5.74, 6) is 0.906. The number of carbonyl (C=O) groups excluding carboxylic acids is 1. The van der Waals surface area contributed by atoms with Crippen LogP contribution >= 0.6 is 11.6 Å². The van der Waals surface area contributed by atoms with Crippen molar-refractivity contribution in [3.63, 3.8) is 0 Å². The first-order chi connectivity index (χ1) is 11.1. The molecule has 0 spiro atoms. The normalized spacial score (nSPS) is 20.4. The molecule has 2 aromatic rings. The van der Waals surface area contributed by atoms with Crippen LogP contribution in [0.5, 0.6) is 0 Å². The highest BCUT2D eigenvalue weighted by Gasteiger charge is 2.30. The predicted molar refractivity (Wildman–Crippen MR) is 83.0 cm³/mol. The lowest BCUT2D eigenvalue weighted by atomic mass is 10.0. The van der Waals surface area contributed by atoms with Crippen molar-refractivity contribution in [3.8, 4) is 0 Å². The minimum Gasteiger partial charge on any atom is -0.371 e.